The van der Waals surface area contributed by atoms with Crippen LogP contribution < -0.4 is 5.73 Å². The fourth-order valence-corrected chi connectivity index (χ4v) is 2.15. The molecule has 0 fully saturated rings. The van der Waals surface area contributed by atoms with E-state index in [0.717, 1.165) is 12.8 Å². The first-order valence-electron chi connectivity index (χ1n) is 6.39. The lowest BCUT2D eigenvalue weighted by atomic mass is 9.99. The van der Waals surface area contributed by atoms with Crippen LogP contribution in [0.3, 0.4) is 0 Å². The molecule has 4 heteroatoms. The first-order chi connectivity index (χ1) is 8.58. The summed E-state index contributed by atoms with van der Waals surface area (Å²) in [5, 5.41) is 0.403. The Morgan fingerprint density at radius 1 is 1.39 bits per heavy atom. The number of halogens is 2. The summed E-state index contributed by atoms with van der Waals surface area (Å²) in [5.41, 5.74) is 6.69. The van der Waals surface area contributed by atoms with Crippen LogP contribution in [0.15, 0.2) is 18.2 Å². The third-order valence-electron chi connectivity index (χ3n) is 2.90. The second-order valence-electron chi connectivity index (χ2n) is 4.39. The van der Waals surface area contributed by atoms with Gasteiger partial charge in [-0.1, -0.05) is 31.0 Å². The molecular formula is C14H21ClFNO. The summed E-state index contributed by atoms with van der Waals surface area (Å²) in [5.74, 6) is -0.301. The Balaban J connectivity index is 2.69. The van der Waals surface area contributed by atoms with Gasteiger partial charge in [-0.15, -0.1) is 0 Å². The van der Waals surface area contributed by atoms with Gasteiger partial charge in [-0.3, -0.25) is 0 Å². The standard InChI is InChI=1S/C14H21ClFNO/c1-3-5-14(18-4-2)13(17)8-10-6-7-11(15)9-12(10)16/h6-7,9,13-14H,3-5,8,17H2,1-2H3. The molecule has 0 aliphatic rings. The lowest BCUT2D eigenvalue weighted by Crippen LogP contribution is -2.38. The highest BCUT2D eigenvalue weighted by molar-refractivity contribution is 6.30. The molecule has 0 aliphatic carbocycles. The molecule has 0 aliphatic heterocycles. The Morgan fingerprint density at radius 2 is 2.11 bits per heavy atom. The van der Waals surface area contributed by atoms with Gasteiger partial charge in [0.05, 0.1) is 6.10 Å². The molecule has 2 N–H and O–H groups in total. The summed E-state index contributed by atoms with van der Waals surface area (Å²) in [6, 6.07) is 4.49. The van der Waals surface area contributed by atoms with Crippen LogP contribution >= 0.6 is 11.6 Å². The van der Waals surface area contributed by atoms with Gasteiger partial charge < -0.3 is 10.5 Å². The van der Waals surface area contributed by atoms with E-state index in [9.17, 15) is 4.39 Å². The number of hydrogen-bond donors (Lipinski definition) is 1. The van der Waals surface area contributed by atoms with Gasteiger partial charge in [-0.05, 0) is 37.5 Å². The van der Waals surface area contributed by atoms with Crippen molar-refractivity contribution in [3.8, 4) is 0 Å². The third-order valence-corrected chi connectivity index (χ3v) is 3.14. The zero-order valence-electron chi connectivity index (χ0n) is 11.0. The van der Waals surface area contributed by atoms with Crippen LogP contribution in [0.25, 0.3) is 0 Å². The number of ether oxygens (including phenoxy) is 1. The molecule has 0 spiro atoms. The molecule has 0 saturated heterocycles. The van der Waals surface area contributed by atoms with E-state index in [4.69, 9.17) is 22.1 Å². The van der Waals surface area contributed by atoms with Gasteiger partial charge in [-0.2, -0.15) is 0 Å². The van der Waals surface area contributed by atoms with E-state index in [1.165, 1.54) is 6.07 Å². The van der Waals surface area contributed by atoms with Gasteiger partial charge in [0.15, 0.2) is 0 Å². The van der Waals surface area contributed by atoms with E-state index in [1.54, 1.807) is 12.1 Å². The minimum Gasteiger partial charge on any atom is -0.377 e. The summed E-state index contributed by atoms with van der Waals surface area (Å²) in [4.78, 5) is 0. The second kappa shape index (κ2) is 7.72. The summed E-state index contributed by atoms with van der Waals surface area (Å²) in [6.45, 7) is 4.65. The Hall–Kier alpha value is -0.640. The molecule has 0 aromatic heterocycles. The molecule has 1 aromatic carbocycles. The monoisotopic (exact) mass is 273 g/mol. The predicted octanol–water partition coefficient (Wildman–Crippen LogP) is 3.55. The van der Waals surface area contributed by atoms with Crippen molar-refractivity contribution in [1.82, 2.24) is 0 Å². The van der Waals surface area contributed by atoms with Crippen LogP contribution in [0.4, 0.5) is 4.39 Å². The molecule has 102 valence electrons. The Bertz CT molecular complexity index is 367. The normalized spacial score (nSPS) is 14.5. The van der Waals surface area contributed by atoms with Crippen LogP contribution in [0, 0.1) is 5.82 Å². The average molecular weight is 274 g/mol. The molecule has 1 aromatic rings. The van der Waals surface area contributed by atoms with E-state index in [1.807, 2.05) is 6.92 Å². The Morgan fingerprint density at radius 3 is 2.67 bits per heavy atom. The van der Waals surface area contributed by atoms with Gasteiger partial charge in [0, 0.05) is 17.7 Å². The lowest BCUT2D eigenvalue weighted by Gasteiger charge is -2.23. The summed E-state index contributed by atoms with van der Waals surface area (Å²) in [6.07, 6.45) is 2.34. The number of nitrogens with two attached hydrogens (primary N) is 1. The van der Waals surface area contributed by atoms with Crippen molar-refractivity contribution in [2.75, 3.05) is 6.61 Å². The Labute approximate surface area is 113 Å². The summed E-state index contributed by atoms with van der Waals surface area (Å²) >= 11 is 5.72. The number of benzene rings is 1. The van der Waals surface area contributed by atoms with E-state index < -0.39 is 0 Å². The molecule has 2 atom stereocenters. The zero-order valence-corrected chi connectivity index (χ0v) is 11.7. The maximum Gasteiger partial charge on any atom is 0.127 e. The molecule has 0 saturated carbocycles. The minimum atomic E-state index is -0.301. The van der Waals surface area contributed by atoms with Gasteiger partial charge in [0.2, 0.25) is 0 Å². The largest absolute Gasteiger partial charge is 0.377 e. The average Bonchev–Trinajstić information content (AvgIpc) is 2.32. The molecule has 0 radical (unpaired) electrons. The van der Waals surface area contributed by atoms with Crippen LogP contribution in [0.2, 0.25) is 5.02 Å². The van der Waals surface area contributed by atoms with Crippen LogP contribution in [0.1, 0.15) is 32.3 Å². The predicted molar refractivity (Wildman–Crippen MR) is 73.4 cm³/mol. The highest BCUT2D eigenvalue weighted by atomic mass is 35.5. The van der Waals surface area contributed by atoms with Crippen molar-refractivity contribution in [1.29, 1.82) is 0 Å². The maximum absolute atomic E-state index is 13.7. The van der Waals surface area contributed by atoms with Crippen molar-refractivity contribution in [2.24, 2.45) is 5.73 Å². The van der Waals surface area contributed by atoms with Gasteiger partial charge in [0.25, 0.3) is 0 Å². The van der Waals surface area contributed by atoms with Crippen molar-refractivity contribution in [3.63, 3.8) is 0 Å². The first kappa shape index (κ1) is 15.4. The quantitative estimate of drug-likeness (QED) is 0.824. The van der Waals surface area contributed by atoms with E-state index in [0.29, 0.717) is 23.6 Å². The molecule has 0 heterocycles. The molecule has 2 unspecified atom stereocenters. The molecular weight excluding hydrogens is 253 g/mol. The highest BCUT2D eigenvalue weighted by Crippen LogP contribution is 2.18. The molecule has 2 nitrogen and oxygen atoms in total. The number of hydrogen-bond acceptors (Lipinski definition) is 2. The minimum absolute atomic E-state index is 0.0184. The molecule has 1 rings (SSSR count). The smallest absolute Gasteiger partial charge is 0.127 e. The fourth-order valence-electron chi connectivity index (χ4n) is 1.99. The Kier molecular flexibility index (Phi) is 6.61. The van der Waals surface area contributed by atoms with Crippen molar-refractivity contribution < 1.29 is 9.13 Å². The van der Waals surface area contributed by atoms with E-state index >= 15 is 0 Å². The van der Waals surface area contributed by atoms with Gasteiger partial charge >= 0.3 is 0 Å². The fraction of sp³-hybridized carbons (Fsp3) is 0.571. The summed E-state index contributed by atoms with van der Waals surface area (Å²) in [7, 11) is 0. The third kappa shape index (κ3) is 4.56. The molecule has 0 bridgehead atoms. The van der Waals surface area contributed by atoms with Gasteiger partial charge in [-0.25, -0.2) is 4.39 Å². The second-order valence-corrected chi connectivity index (χ2v) is 4.82. The molecule has 18 heavy (non-hydrogen) atoms. The van der Waals surface area contributed by atoms with E-state index in [2.05, 4.69) is 6.92 Å². The van der Waals surface area contributed by atoms with Crippen molar-refractivity contribution in [2.45, 2.75) is 45.3 Å². The van der Waals surface area contributed by atoms with E-state index in [-0.39, 0.29) is 18.0 Å². The van der Waals surface area contributed by atoms with Gasteiger partial charge in [0.1, 0.15) is 5.82 Å². The lowest BCUT2D eigenvalue weighted by molar-refractivity contribution is 0.0377. The summed E-state index contributed by atoms with van der Waals surface area (Å²) < 4.78 is 19.3. The SMILES string of the molecule is CCCC(OCC)C(N)Cc1ccc(Cl)cc1F. The highest BCUT2D eigenvalue weighted by Gasteiger charge is 2.19. The van der Waals surface area contributed by atoms with Crippen LogP contribution in [-0.4, -0.2) is 18.8 Å². The van der Waals surface area contributed by atoms with Crippen molar-refractivity contribution >= 4 is 11.6 Å². The maximum atomic E-state index is 13.7. The topological polar surface area (TPSA) is 35.2 Å². The molecule has 0 amide bonds. The van der Waals surface area contributed by atoms with Crippen molar-refractivity contribution in [3.05, 3.63) is 34.6 Å². The zero-order chi connectivity index (χ0) is 13.5. The first-order valence-corrected chi connectivity index (χ1v) is 6.77. The number of rotatable bonds is 7. The van der Waals surface area contributed by atoms with Crippen LogP contribution in [0.5, 0.6) is 0 Å². The van der Waals surface area contributed by atoms with Crippen LogP contribution in [-0.2, 0) is 11.2 Å².